The normalized spacial score (nSPS) is 10.2. The summed E-state index contributed by atoms with van der Waals surface area (Å²) in [5, 5.41) is 8.90. The molecule has 0 bridgehead atoms. The van der Waals surface area contributed by atoms with Gasteiger partial charge in [0.05, 0.1) is 18.2 Å². The van der Waals surface area contributed by atoms with Crippen molar-refractivity contribution < 1.29 is 28.2 Å². The van der Waals surface area contributed by atoms with Gasteiger partial charge in [0.15, 0.2) is 0 Å². The van der Waals surface area contributed by atoms with Crippen LogP contribution in [0.5, 0.6) is 0 Å². The molecule has 0 fully saturated rings. The molecular weight excluding hydrogens is 282 g/mol. The number of esters is 1. The van der Waals surface area contributed by atoms with E-state index in [1.54, 1.807) is 0 Å². The molecule has 0 aliphatic carbocycles. The number of carboxylic acid groups (broad SMARTS) is 1. The van der Waals surface area contributed by atoms with Crippen LogP contribution in [0.4, 0.5) is 8.78 Å². The molecule has 2 rings (SSSR count). The summed E-state index contributed by atoms with van der Waals surface area (Å²) in [6, 6.07) is 6.39. The maximum absolute atomic E-state index is 13.9. The molecule has 6 heteroatoms. The lowest BCUT2D eigenvalue weighted by atomic mass is 10.00. The van der Waals surface area contributed by atoms with Crippen molar-refractivity contribution in [1.29, 1.82) is 0 Å². The first kappa shape index (κ1) is 14.6. The van der Waals surface area contributed by atoms with Gasteiger partial charge in [-0.1, -0.05) is 0 Å². The van der Waals surface area contributed by atoms with E-state index in [1.807, 2.05) is 0 Å². The van der Waals surface area contributed by atoms with Gasteiger partial charge in [0.25, 0.3) is 0 Å². The van der Waals surface area contributed by atoms with Gasteiger partial charge in [-0.25, -0.2) is 18.4 Å². The number of halogens is 2. The highest BCUT2D eigenvalue weighted by molar-refractivity contribution is 5.92. The van der Waals surface area contributed by atoms with Crippen LogP contribution in [0, 0.1) is 11.6 Å². The average molecular weight is 292 g/mol. The van der Waals surface area contributed by atoms with Crippen molar-refractivity contribution in [3.05, 3.63) is 59.2 Å². The fourth-order valence-corrected chi connectivity index (χ4v) is 1.86. The molecular formula is C15H10F2O4. The van der Waals surface area contributed by atoms with Gasteiger partial charge in [0.1, 0.15) is 11.6 Å². The molecule has 0 heterocycles. The Morgan fingerprint density at radius 1 is 1.05 bits per heavy atom. The van der Waals surface area contributed by atoms with Crippen molar-refractivity contribution in [3.8, 4) is 11.1 Å². The van der Waals surface area contributed by atoms with Gasteiger partial charge in [0, 0.05) is 5.56 Å². The second-order valence-electron chi connectivity index (χ2n) is 4.22. The number of hydrogen-bond acceptors (Lipinski definition) is 3. The van der Waals surface area contributed by atoms with Crippen LogP contribution in [0.3, 0.4) is 0 Å². The molecule has 0 amide bonds. The quantitative estimate of drug-likeness (QED) is 0.883. The smallest absolute Gasteiger partial charge is 0.337 e. The summed E-state index contributed by atoms with van der Waals surface area (Å²) >= 11 is 0. The number of ether oxygens (including phenoxy) is 1. The first-order chi connectivity index (χ1) is 9.92. The highest BCUT2D eigenvalue weighted by Crippen LogP contribution is 2.26. The Morgan fingerprint density at radius 2 is 1.76 bits per heavy atom. The van der Waals surface area contributed by atoms with Crippen LogP contribution >= 0.6 is 0 Å². The van der Waals surface area contributed by atoms with Crippen LogP contribution in [-0.2, 0) is 4.74 Å². The zero-order chi connectivity index (χ0) is 15.6. The van der Waals surface area contributed by atoms with E-state index in [1.165, 1.54) is 19.2 Å². The number of methoxy groups -OCH3 is 1. The lowest BCUT2D eigenvalue weighted by Gasteiger charge is -2.07. The molecule has 0 unspecified atom stereocenters. The van der Waals surface area contributed by atoms with E-state index >= 15 is 0 Å². The van der Waals surface area contributed by atoms with E-state index in [9.17, 15) is 18.4 Å². The second kappa shape index (κ2) is 5.70. The molecule has 0 saturated heterocycles. The predicted octanol–water partition coefficient (Wildman–Crippen LogP) is 3.12. The Bertz CT molecular complexity index is 726. The molecule has 0 spiro atoms. The minimum atomic E-state index is -1.33. The fourth-order valence-electron chi connectivity index (χ4n) is 1.86. The number of carbonyl (C=O) groups is 2. The maximum Gasteiger partial charge on any atom is 0.337 e. The van der Waals surface area contributed by atoms with Crippen molar-refractivity contribution in [2.45, 2.75) is 0 Å². The molecule has 2 aromatic carbocycles. The standard InChI is InChI=1S/C15H10F2O4/c1-21-15(20)8-2-3-13(17)12(7-8)9-4-10(14(18)19)6-11(16)5-9/h2-7H,1H3,(H,18,19). The van der Waals surface area contributed by atoms with Crippen LogP contribution in [0.15, 0.2) is 36.4 Å². The third-order valence-electron chi connectivity index (χ3n) is 2.84. The summed E-state index contributed by atoms with van der Waals surface area (Å²) in [5.41, 5.74) is -0.293. The average Bonchev–Trinajstić information content (AvgIpc) is 2.46. The number of carboxylic acids is 1. The molecule has 108 valence electrons. The van der Waals surface area contributed by atoms with Crippen molar-refractivity contribution in [1.82, 2.24) is 0 Å². The van der Waals surface area contributed by atoms with E-state index in [2.05, 4.69) is 4.74 Å². The first-order valence-corrected chi connectivity index (χ1v) is 5.84. The summed E-state index contributed by atoms with van der Waals surface area (Å²) in [7, 11) is 1.18. The molecule has 0 aliphatic heterocycles. The highest BCUT2D eigenvalue weighted by atomic mass is 19.1. The van der Waals surface area contributed by atoms with E-state index in [0.717, 1.165) is 24.3 Å². The van der Waals surface area contributed by atoms with Crippen LogP contribution in [-0.4, -0.2) is 24.2 Å². The van der Waals surface area contributed by atoms with Gasteiger partial charge in [0.2, 0.25) is 0 Å². The van der Waals surface area contributed by atoms with E-state index in [0.29, 0.717) is 0 Å². The van der Waals surface area contributed by atoms with E-state index in [4.69, 9.17) is 5.11 Å². The van der Waals surface area contributed by atoms with Crippen LogP contribution in [0.1, 0.15) is 20.7 Å². The number of rotatable bonds is 3. The topological polar surface area (TPSA) is 63.6 Å². The summed E-state index contributed by atoms with van der Waals surface area (Å²) in [4.78, 5) is 22.3. The highest BCUT2D eigenvalue weighted by Gasteiger charge is 2.14. The number of carbonyl (C=O) groups excluding carboxylic acids is 1. The van der Waals surface area contributed by atoms with Crippen LogP contribution in [0.25, 0.3) is 11.1 Å². The molecule has 0 saturated carbocycles. The predicted molar refractivity (Wildman–Crippen MR) is 70.1 cm³/mol. The number of aromatic carboxylic acids is 1. The Hall–Kier alpha value is -2.76. The zero-order valence-electron chi connectivity index (χ0n) is 10.9. The minimum Gasteiger partial charge on any atom is -0.478 e. The van der Waals surface area contributed by atoms with Crippen LogP contribution < -0.4 is 0 Å². The van der Waals surface area contributed by atoms with Gasteiger partial charge in [-0.15, -0.1) is 0 Å². The molecule has 0 radical (unpaired) electrons. The molecule has 0 atom stereocenters. The number of benzene rings is 2. The third-order valence-corrected chi connectivity index (χ3v) is 2.84. The van der Waals surface area contributed by atoms with E-state index in [-0.39, 0.29) is 22.3 Å². The minimum absolute atomic E-state index is 0.0238. The molecule has 0 aliphatic rings. The largest absolute Gasteiger partial charge is 0.478 e. The summed E-state index contributed by atoms with van der Waals surface area (Å²) < 4.78 is 31.8. The third kappa shape index (κ3) is 3.05. The van der Waals surface area contributed by atoms with Gasteiger partial charge in [-0.3, -0.25) is 0 Å². The Morgan fingerprint density at radius 3 is 2.38 bits per heavy atom. The maximum atomic E-state index is 13.9. The lowest BCUT2D eigenvalue weighted by Crippen LogP contribution is -2.02. The SMILES string of the molecule is COC(=O)c1ccc(F)c(-c2cc(F)cc(C(=O)O)c2)c1. The Labute approximate surface area is 118 Å². The van der Waals surface area contributed by atoms with Crippen molar-refractivity contribution in [2.75, 3.05) is 7.11 Å². The van der Waals surface area contributed by atoms with Crippen molar-refractivity contribution >= 4 is 11.9 Å². The van der Waals surface area contributed by atoms with Gasteiger partial charge >= 0.3 is 11.9 Å². The van der Waals surface area contributed by atoms with Crippen LogP contribution in [0.2, 0.25) is 0 Å². The van der Waals surface area contributed by atoms with Gasteiger partial charge in [-0.2, -0.15) is 0 Å². The van der Waals surface area contributed by atoms with Crippen molar-refractivity contribution in [2.24, 2.45) is 0 Å². The fraction of sp³-hybridized carbons (Fsp3) is 0.0667. The monoisotopic (exact) mass is 292 g/mol. The van der Waals surface area contributed by atoms with Crippen molar-refractivity contribution in [3.63, 3.8) is 0 Å². The van der Waals surface area contributed by atoms with Gasteiger partial charge < -0.3 is 9.84 Å². The summed E-state index contributed by atoms with van der Waals surface area (Å²) in [6.45, 7) is 0. The van der Waals surface area contributed by atoms with E-state index < -0.39 is 23.6 Å². The zero-order valence-corrected chi connectivity index (χ0v) is 10.9. The summed E-state index contributed by atoms with van der Waals surface area (Å²) in [5.74, 6) is -3.52. The first-order valence-electron chi connectivity index (χ1n) is 5.84. The molecule has 4 nitrogen and oxygen atoms in total. The summed E-state index contributed by atoms with van der Waals surface area (Å²) in [6.07, 6.45) is 0. The number of hydrogen-bond donors (Lipinski definition) is 1. The molecule has 1 N–H and O–H groups in total. The molecule has 0 aromatic heterocycles. The molecule has 21 heavy (non-hydrogen) atoms. The lowest BCUT2D eigenvalue weighted by molar-refractivity contribution is 0.0599. The Kier molecular flexibility index (Phi) is 3.98. The second-order valence-corrected chi connectivity index (χ2v) is 4.22. The molecule has 2 aromatic rings. The van der Waals surface area contributed by atoms with Gasteiger partial charge in [-0.05, 0) is 42.0 Å². The Balaban J connectivity index is 2.60.